The van der Waals surface area contributed by atoms with Crippen LogP contribution in [0.1, 0.15) is 169 Å². The summed E-state index contributed by atoms with van der Waals surface area (Å²) in [6, 6.07) is 0. The molecule has 0 aliphatic carbocycles. The van der Waals surface area contributed by atoms with Crippen molar-refractivity contribution in [1.82, 2.24) is 61.0 Å². The van der Waals surface area contributed by atoms with Crippen LogP contribution in [0.15, 0.2) is 0 Å². The second-order valence-corrected chi connectivity index (χ2v) is 27.3. The number of nitrogens with one attached hydrogen (secondary N) is 1. The van der Waals surface area contributed by atoms with Crippen molar-refractivity contribution in [3.63, 3.8) is 0 Å². The molecule has 1 atom stereocenters. The molecule has 1 unspecified atom stereocenters. The van der Waals surface area contributed by atoms with E-state index in [1.807, 2.05) is 20.8 Å². The van der Waals surface area contributed by atoms with Crippen LogP contribution in [0.4, 0.5) is 0 Å². The number of rotatable bonds is 10. The van der Waals surface area contributed by atoms with Crippen molar-refractivity contribution in [3.05, 3.63) is 17.5 Å². The summed E-state index contributed by atoms with van der Waals surface area (Å²) in [7, 11) is -6.57. The molecule has 3 heterocycles. The maximum atomic E-state index is 10.9. The maximum Gasteiger partial charge on any atom is 0.265 e. The molecule has 0 radical (unpaired) electrons. The number of Topliss-reactive ketones (excluding diaryl/α,β-unsaturated/α-hetero) is 3. The Morgan fingerprint density at radius 2 is 1.09 bits per heavy atom. The fraction of sp³-hybridized carbons (Fsp3) is 0.857. The number of H-pyrrole nitrogens is 1. The highest BCUT2D eigenvalue weighted by atomic mass is 32.2. The van der Waals surface area contributed by atoms with Gasteiger partial charge in [-0.15, -0.1) is 25.5 Å². The lowest BCUT2D eigenvalue weighted by Crippen LogP contribution is -2.19. The Labute approximate surface area is 384 Å². The summed E-state index contributed by atoms with van der Waals surface area (Å²) in [4.78, 5) is 42.4. The topological polar surface area (TPSA) is 285 Å². The predicted octanol–water partition coefficient (Wildman–Crippen LogP) is 7.35. The zero-order valence-corrected chi connectivity index (χ0v) is 45.0. The second-order valence-electron chi connectivity index (χ2n) is 23.4. The lowest BCUT2D eigenvalue weighted by Gasteiger charge is -2.19. The quantitative estimate of drug-likeness (QED) is 0.132. The lowest BCUT2D eigenvalue weighted by molar-refractivity contribution is -0.119. The molecule has 372 valence electrons. The van der Waals surface area contributed by atoms with Crippen LogP contribution in [-0.4, -0.2) is 115 Å². The lowest BCUT2D eigenvalue weighted by atomic mass is 9.91. The summed E-state index contributed by atoms with van der Waals surface area (Å²) in [5.41, 5.74) is 0.301. The summed E-state index contributed by atoms with van der Waals surface area (Å²) in [6.45, 7) is 42.9. The van der Waals surface area contributed by atoms with E-state index in [4.69, 9.17) is 9.45 Å². The van der Waals surface area contributed by atoms with E-state index in [1.54, 1.807) is 32.4 Å². The molecule has 0 aliphatic rings. The summed E-state index contributed by atoms with van der Waals surface area (Å²) >= 11 is 0. The minimum absolute atomic E-state index is 0.0287. The molecule has 64 heavy (non-hydrogen) atoms. The molecule has 0 amide bonds. The number of aromatic nitrogens is 12. The first-order valence-corrected chi connectivity index (χ1v) is 25.0. The van der Waals surface area contributed by atoms with Gasteiger partial charge < -0.3 is 9.69 Å². The molecule has 3 aromatic heterocycles. The van der Waals surface area contributed by atoms with Gasteiger partial charge in [-0.25, -0.2) is 4.68 Å². The van der Waals surface area contributed by atoms with Gasteiger partial charge in [0.2, 0.25) is 0 Å². The molecule has 0 fully saturated rings. The molecular weight excluding hydrogens is 864 g/mol. The van der Waals surface area contributed by atoms with Crippen LogP contribution in [0.5, 0.6) is 0 Å². The molecule has 22 heteroatoms. The minimum atomic E-state index is -3.78. The molecule has 3 rings (SSSR count). The highest BCUT2D eigenvalue weighted by Crippen LogP contribution is 2.41. The number of tetrazole rings is 3. The molecule has 0 bridgehead atoms. The number of hydrogen-bond acceptors (Lipinski definition) is 15. The van der Waals surface area contributed by atoms with Gasteiger partial charge in [0.15, 0.2) is 36.4 Å². The third kappa shape index (κ3) is 49.3. The summed E-state index contributed by atoms with van der Waals surface area (Å²) in [5, 5.41) is 36.6. The fourth-order valence-corrected chi connectivity index (χ4v) is 8.01. The maximum absolute atomic E-state index is 10.9. The number of carbonyl (C=O) groups excluding carboxylic acids is 3. The SMILES string of the molecule is CC(=O)CC(C)(C)C.CC(=O)Cn1nnc(CC(C)(C)C)n1.CC(=O)Cn1nnnc1CC(C)(C)C.CC(C)(C)CP(C)(=O)O.CC(C)(C)CS(=O)(=O)O.CC(C)(C)Cc1nn[nH]n1. The van der Waals surface area contributed by atoms with Crippen LogP contribution in [0, 0.1) is 32.5 Å². The summed E-state index contributed by atoms with van der Waals surface area (Å²) < 4.78 is 41.1. The number of aromatic amines is 1. The largest absolute Gasteiger partial charge is 0.344 e. The molecular formula is C42H85N12O8PS. The molecule has 20 nitrogen and oxygen atoms in total. The van der Waals surface area contributed by atoms with Crippen molar-refractivity contribution in [2.75, 3.05) is 18.6 Å². The predicted molar refractivity (Wildman–Crippen MR) is 251 cm³/mol. The highest BCUT2D eigenvalue weighted by Gasteiger charge is 2.21. The number of ketones is 3. The molecule has 0 saturated heterocycles. The van der Waals surface area contributed by atoms with Crippen LogP contribution in [0.3, 0.4) is 0 Å². The second kappa shape index (κ2) is 27.1. The van der Waals surface area contributed by atoms with Crippen LogP contribution in [0.25, 0.3) is 0 Å². The van der Waals surface area contributed by atoms with Gasteiger partial charge in [0, 0.05) is 38.5 Å². The van der Waals surface area contributed by atoms with E-state index in [1.165, 1.54) is 25.3 Å². The summed E-state index contributed by atoms with van der Waals surface area (Å²) in [5.74, 6) is 2.44. The Bertz CT molecular complexity index is 1950. The average molecular weight is 949 g/mol. The Balaban J connectivity index is -0.000000708. The minimum Gasteiger partial charge on any atom is -0.344 e. The van der Waals surface area contributed by atoms with Crippen molar-refractivity contribution in [2.24, 2.45) is 32.5 Å². The Kier molecular flexibility index (Phi) is 27.3. The molecule has 0 aliphatic heterocycles. The van der Waals surface area contributed by atoms with Gasteiger partial charge in [-0.1, -0.05) is 130 Å². The van der Waals surface area contributed by atoms with Crippen molar-refractivity contribution in [3.8, 4) is 0 Å². The first kappa shape index (κ1) is 64.6. The monoisotopic (exact) mass is 949 g/mol. The van der Waals surface area contributed by atoms with Crippen molar-refractivity contribution in [2.45, 2.75) is 184 Å². The van der Waals surface area contributed by atoms with E-state index in [9.17, 15) is 27.4 Å². The van der Waals surface area contributed by atoms with E-state index in [-0.39, 0.29) is 68.7 Å². The number of carbonyl (C=O) groups is 3. The van der Waals surface area contributed by atoms with Gasteiger partial charge >= 0.3 is 0 Å². The molecule has 0 aromatic carbocycles. The first-order valence-electron chi connectivity index (χ1n) is 21.1. The Morgan fingerprint density at radius 1 is 0.625 bits per heavy atom. The van der Waals surface area contributed by atoms with E-state index >= 15 is 0 Å². The van der Waals surface area contributed by atoms with Crippen LogP contribution in [0.2, 0.25) is 0 Å². The molecule has 0 spiro atoms. The fourth-order valence-electron chi connectivity index (χ4n) is 5.15. The van der Waals surface area contributed by atoms with E-state index in [0.717, 1.165) is 30.9 Å². The standard InChI is InChI=1S/2C9H16N4O.C7H14O.C6H12N4.C6H15O2P.C5H12O3S/c1-7(14)6-13-8(10-11-12-13)5-9(2,3)4;1-7(14)6-13-11-8(10-12-13)5-9(2,3)4;1-6(8)5-7(2,3)4;1-6(2,3)4-5-7-9-10-8-5;1-6(2,3)5-9(4,7)8;1-5(2,3)4-9(6,7)8/h2*5-6H2,1-4H3;5H2,1-4H3;4H2,1-3H3,(H,7,8,9,10);5H2,1-4H3,(H,7,8);4H2,1-3H3,(H,6,7,8). The van der Waals surface area contributed by atoms with Crippen molar-refractivity contribution >= 4 is 34.8 Å². The Hall–Kier alpha value is -3.68. The molecule has 3 N–H and O–H groups in total. The van der Waals surface area contributed by atoms with Gasteiger partial charge in [-0.3, -0.25) is 18.7 Å². The van der Waals surface area contributed by atoms with E-state index < -0.39 is 17.5 Å². The first-order chi connectivity index (χ1) is 28.2. The Morgan fingerprint density at radius 3 is 1.38 bits per heavy atom. The smallest absolute Gasteiger partial charge is 0.265 e. The zero-order valence-electron chi connectivity index (χ0n) is 43.3. The number of hydrogen-bond donors (Lipinski definition) is 3. The van der Waals surface area contributed by atoms with Gasteiger partial charge in [0.1, 0.15) is 18.9 Å². The van der Waals surface area contributed by atoms with Crippen molar-refractivity contribution < 1.29 is 36.8 Å². The van der Waals surface area contributed by atoms with Crippen LogP contribution >= 0.6 is 7.37 Å². The van der Waals surface area contributed by atoms with E-state index in [2.05, 4.69) is 135 Å². The molecule has 3 aromatic rings. The normalized spacial score (nSPS) is 13.1. The molecule has 0 saturated carbocycles. The third-order valence-corrected chi connectivity index (χ3v) is 9.22. The van der Waals surface area contributed by atoms with Crippen LogP contribution < -0.4 is 0 Å². The van der Waals surface area contributed by atoms with Crippen molar-refractivity contribution in [1.29, 1.82) is 0 Å². The average Bonchev–Trinajstić information content (AvgIpc) is 3.70. The third-order valence-electron chi connectivity index (χ3n) is 6.45. The zero-order chi connectivity index (χ0) is 51.3. The summed E-state index contributed by atoms with van der Waals surface area (Å²) in [6.07, 6.45) is 3.49. The van der Waals surface area contributed by atoms with Crippen LogP contribution in [-0.2, 0) is 61.4 Å². The van der Waals surface area contributed by atoms with Gasteiger partial charge in [0.05, 0.1) is 5.75 Å². The number of nitrogens with zero attached hydrogens (tertiary/aromatic N) is 11. The van der Waals surface area contributed by atoms with Gasteiger partial charge in [-0.2, -0.15) is 18.4 Å². The highest BCUT2D eigenvalue weighted by molar-refractivity contribution is 7.85. The van der Waals surface area contributed by atoms with E-state index in [0.29, 0.717) is 18.4 Å². The van der Waals surface area contributed by atoms with Gasteiger partial charge in [-0.05, 0) is 68.9 Å². The van der Waals surface area contributed by atoms with Gasteiger partial charge in [0.25, 0.3) is 10.1 Å².